The molecule has 1 aromatic carbocycles. The fraction of sp³-hybridized carbons (Fsp3) is 0.533. The lowest BCUT2D eigenvalue weighted by atomic mass is 10.1. The second kappa shape index (κ2) is 7.85. The largest absolute Gasteiger partial charge is 0.478 e. The molecule has 0 bridgehead atoms. The molecule has 4 nitrogen and oxygen atoms in total. The highest BCUT2D eigenvalue weighted by Crippen LogP contribution is 2.26. The van der Waals surface area contributed by atoms with Crippen LogP contribution in [0.25, 0.3) is 0 Å². The molecule has 0 aliphatic carbocycles. The monoisotopic (exact) mass is 283 g/mol. The van der Waals surface area contributed by atoms with E-state index in [2.05, 4.69) is 0 Å². The van der Waals surface area contributed by atoms with Crippen LogP contribution >= 0.6 is 0 Å². The van der Waals surface area contributed by atoms with Crippen molar-refractivity contribution in [3.05, 3.63) is 29.6 Å². The van der Waals surface area contributed by atoms with Gasteiger partial charge in [-0.05, 0) is 26.3 Å². The molecule has 0 spiro atoms. The van der Waals surface area contributed by atoms with Crippen molar-refractivity contribution in [3.8, 4) is 5.75 Å². The number of hydrogen-bond donors (Lipinski definition) is 1. The lowest BCUT2D eigenvalue weighted by Gasteiger charge is -2.20. The lowest BCUT2D eigenvalue weighted by molar-refractivity contribution is -0.151. The minimum Gasteiger partial charge on any atom is -0.478 e. The van der Waals surface area contributed by atoms with Crippen LogP contribution in [0.4, 0.5) is 4.39 Å². The second-order valence-corrected chi connectivity index (χ2v) is 4.62. The normalized spacial score (nSPS) is 13.7. The summed E-state index contributed by atoms with van der Waals surface area (Å²) in [5.41, 5.74) is 6.49. The topological polar surface area (TPSA) is 61.5 Å². The Morgan fingerprint density at radius 1 is 1.40 bits per heavy atom. The molecule has 0 heterocycles. The first kappa shape index (κ1) is 16.4. The van der Waals surface area contributed by atoms with Crippen LogP contribution in [0.1, 0.15) is 45.2 Å². The van der Waals surface area contributed by atoms with E-state index in [-0.39, 0.29) is 12.6 Å². The number of rotatable bonds is 7. The van der Waals surface area contributed by atoms with E-state index in [0.29, 0.717) is 17.7 Å². The summed E-state index contributed by atoms with van der Waals surface area (Å²) in [6.07, 6.45) is 0.527. The Labute approximate surface area is 119 Å². The molecule has 5 heteroatoms. The van der Waals surface area contributed by atoms with Crippen molar-refractivity contribution in [1.29, 1.82) is 0 Å². The third-order valence-electron chi connectivity index (χ3n) is 2.84. The predicted octanol–water partition coefficient (Wildman–Crippen LogP) is 2.96. The van der Waals surface area contributed by atoms with E-state index in [0.717, 1.165) is 6.42 Å². The fourth-order valence-electron chi connectivity index (χ4n) is 1.86. The molecule has 0 saturated carbocycles. The van der Waals surface area contributed by atoms with Crippen molar-refractivity contribution in [2.75, 3.05) is 6.61 Å². The quantitative estimate of drug-likeness (QED) is 0.781. The zero-order valence-corrected chi connectivity index (χ0v) is 12.2. The molecule has 2 N–H and O–H groups in total. The van der Waals surface area contributed by atoms with Gasteiger partial charge in [-0.3, -0.25) is 0 Å². The van der Waals surface area contributed by atoms with Crippen LogP contribution in [0, 0.1) is 5.82 Å². The standard InChI is InChI=1S/C15H22FNO3/c1-4-6-13(15(18)19-5-2)20-14-9-11(16)7-8-12(14)10(3)17/h7-10,13H,4-6,17H2,1-3H3/t10-,13?/m1/s1. The van der Waals surface area contributed by atoms with E-state index in [1.165, 1.54) is 12.1 Å². The summed E-state index contributed by atoms with van der Waals surface area (Å²) in [6.45, 7) is 5.73. The maximum absolute atomic E-state index is 13.4. The summed E-state index contributed by atoms with van der Waals surface area (Å²) < 4.78 is 24.0. The highest BCUT2D eigenvalue weighted by Gasteiger charge is 2.23. The van der Waals surface area contributed by atoms with Gasteiger partial charge in [-0.25, -0.2) is 9.18 Å². The number of esters is 1. The van der Waals surface area contributed by atoms with Crippen LogP contribution in [0.2, 0.25) is 0 Å². The Hall–Kier alpha value is -1.62. The summed E-state index contributed by atoms with van der Waals surface area (Å²) in [6, 6.07) is 3.84. The van der Waals surface area contributed by atoms with E-state index in [9.17, 15) is 9.18 Å². The van der Waals surface area contributed by atoms with Gasteiger partial charge in [-0.15, -0.1) is 0 Å². The van der Waals surface area contributed by atoms with E-state index in [4.69, 9.17) is 15.2 Å². The highest BCUT2D eigenvalue weighted by atomic mass is 19.1. The molecule has 0 radical (unpaired) electrons. The molecule has 0 amide bonds. The van der Waals surface area contributed by atoms with Crippen molar-refractivity contribution in [2.24, 2.45) is 5.73 Å². The number of benzene rings is 1. The van der Waals surface area contributed by atoms with Gasteiger partial charge in [0.05, 0.1) is 6.61 Å². The van der Waals surface area contributed by atoms with E-state index < -0.39 is 17.9 Å². The molecule has 1 unspecified atom stereocenters. The van der Waals surface area contributed by atoms with Gasteiger partial charge < -0.3 is 15.2 Å². The molecule has 1 rings (SSSR count). The number of hydrogen-bond acceptors (Lipinski definition) is 4. The number of carbonyl (C=O) groups is 1. The van der Waals surface area contributed by atoms with E-state index >= 15 is 0 Å². The summed E-state index contributed by atoms with van der Waals surface area (Å²) >= 11 is 0. The Morgan fingerprint density at radius 2 is 2.10 bits per heavy atom. The Kier molecular flexibility index (Phi) is 6.45. The van der Waals surface area contributed by atoms with E-state index in [1.54, 1.807) is 19.9 Å². The van der Waals surface area contributed by atoms with Gasteiger partial charge in [-0.1, -0.05) is 19.4 Å². The van der Waals surface area contributed by atoms with E-state index in [1.807, 2.05) is 6.92 Å². The maximum atomic E-state index is 13.4. The van der Waals surface area contributed by atoms with Crippen LogP contribution in [-0.4, -0.2) is 18.7 Å². The third kappa shape index (κ3) is 4.49. The average Bonchev–Trinajstić information content (AvgIpc) is 2.38. The van der Waals surface area contributed by atoms with Gasteiger partial charge in [0, 0.05) is 17.7 Å². The third-order valence-corrected chi connectivity index (χ3v) is 2.84. The van der Waals surface area contributed by atoms with Crippen molar-refractivity contribution in [3.63, 3.8) is 0 Å². The minimum absolute atomic E-state index is 0.283. The Bertz CT molecular complexity index is 449. The van der Waals surface area contributed by atoms with Crippen molar-refractivity contribution < 1.29 is 18.7 Å². The van der Waals surface area contributed by atoms with Gasteiger partial charge in [0.25, 0.3) is 0 Å². The molecule has 20 heavy (non-hydrogen) atoms. The maximum Gasteiger partial charge on any atom is 0.347 e. The first-order chi connectivity index (χ1) is 9.49. The van der Waals surface area contributed by atoms with Gasteiger partial charge >= 0.3 is 5.97 Å². The van der Waals surface area contributed by atoms with Gasteiger partial charge in [0.15, 0.2) is 6.10 Å². The molecular weight excluding hydrogens is 261 g/mol. The van der Waals surface area contributed by atoms with Crippen LogP contribution in [-0.2, 0) is 9.53 Å². The smallest absolute Gasteiger partial charge is 0.347 e. The molecule has 0 aliphatic rings. The van der Waals surface area contributed by atoms with Gasteiger partial charge in [0.1, 0.15) is 11.6 Å². The Morgan fingerprint density at radius 3 is 2.65 bits per heavy atom. The molecule has 0 saturated heterocycles. The van der Waals surface area contributed by atoms with Crippen molar-refractivity contribution >= 4 is 5.97 Å². The molecule has 2 atom stereocenters. The summed E-state index contributed by atoms with van der Waals surface area (Å²) in [4.78, 5) is 11.8. The predicted molar refractivity (Wildman–Crippen MR) is 75.0 cm³/mol. The average molecular weight is 283 g/mol. The van der Waals surface area contributed by atoms with Crippen LogP contribution in [0.3, 0.4) is 0 Å². The number of halogens is 1. The van der Waals surface area contributed by atoms with Crippen molar-refractivity contribution in [2.45, 2.75) is 45.8 Å². The first-order valence-electron chi connectivity index (χ1n) is 6.87. The minimum atomic E-state index is -0.737. The number of ether oxygens (including phenoxy) is 2. The van der Waals surface area contributed by atoms with Crippen LogP contribution in [0.5, 0.6) is 5.75 Å². The lowest BCUT2D eigenvalue weighted by Crippen LogP contribution is -2.30. The molecule has 112 valence electrons. The number of nitrogens with two attached hydrogens (primary N) is 1. The SMILES string of the molecule is CCCC(Oc1cc(F)ccc1[C@@H](C)N)C(=O)OCC. The van der Waals surface area contributed by atoms with Crippen molar-refractivity contribution in [1.82, 2.24) is 0 Å². The van der Waals surface area contributed by atoms with Gasteiger partial charge in [-0.2, -0.15) is 0 Å². The van der Waals surface area contributed by atoms with Crippen LogP contribution in [0.15, 0.2) is 18.2 Å². The fourth-order valence-corrected chi connectivity index (χ4v) is 1.86. The molecule has 0 aromatic heterocycles. The molecule has 0 fully saturated rings. The molecule has 0 aliphatic heterocycles. The van der Waals surface area contributed by atoms with Gasteiger partial charge in [0.2, 0.25) is 0 Å². The Balaban J connectivity index is 2.97. The molecular formula is C15H22FNO3. The van der Waals surface area contributed by atoms with Crippen LogP contribution < -0.4 is 10.5 Å². The second-order valence-electron chi connectivity index (χ2n) is 4.62. The number of carbonyl (C=O) groups excluding carboxylic acids is 1. The molecule has 1 aromatic rings. The summed E-state index contributed by atoms with van der Waals surface area (Å²) in [7, 11) is 0. The first-order valence-corrected chi connectivity index (χ1v) is 6.87. The zero-order valence-electron chi connectivity index (χ0n) is 12.2. The highest BCUT2D eigenvalue weighted by molar-refractivity contribution is 5.75. The zero-order chi connectivity index (χ0) is 15.1. The summed E-state index contributed by atoms with van der Waals surface area (Å²) in [5.74, 6) is -0.566. The summed E-state index contributed by atoms with van der Waals surface area (Å²) in [5, 5.41) is 0.